The molecule has 0 radical (unpaired) electrons. The van der Waals surface area contributed by atoms with Crippen LogP contribution in [0, 0.1) is 5.41 Å². The topological polar surface area (TPSA) is 125 Å². The molecule has 0 aliphatic carbocycles. The van der Waals surface area contributed by atoms with Gasteiger partial charge in [-0.15, -0.1) is 0 Å². The fraction of sp³-hybridized carbons (Fsp3) is 0.0769. The predicted molar refractivity (Wildman–Crippen MR) is 134 cm³/mol. The quantitative estimate of drug-likeness (QED) is 0.288. The third-order valence-electron chi connectivity index (χ3n) is 5.53. The van der Waals surface area contributed by atoms with Crippen LogP contribution in [0.4, 0.5) is 19.0 Å². The van der Waals surface area contributed by atoms with Crippen LogP contribution in [0.25, 0.3) is 16.9 Å². The lowest BCUT2D eigenvalue weighted by molar-refractivity contribution is -0.137. The maximum Gasteiger partial charge on any atom is 0.417 e. The molecule has 2 heterocycles. The van der Waals surface area contributed by atoms with Gasteiger partial charge < -0.3 is 21.8 Å². The molecule has 0 unspecified atom stereocenters. The first-order valence-corrected chi connectivity index (χ1v) is 10.9. The average molecular weight is 506 g/mol. The number of nitrogens with zero attached hydrogens (tertiary/aromatic N) is 2. The van der Waals surface area contributed by atoms with Gasteiger partial charge in [-0.05, 0) is 42.6 Å². The molecule has 0 aliphatic heterocycles. The Morgan fingerprint density at radius 2 is 1.73 bits per heavy atom. The Hall–Kier alpha value is -4.93. The summed E-state index contributed by atoms with van der Waals surface area (Å²) in [5.74, 6) is -0.773. The lowest BCUT2D eigenvalue weighted by atomic mass is 9.99. The minimum Gasteiger partial charge on any atom is -0.405 e. The Labute approximate surface area is 209 Å². The Morgan fingerprint density at radius 3 is 2.38 bits per heavy atom. The van der Waals surface area contributed by atoms with Gasteiger partial charge in [-0.3, -0.25) is 14.0 Å². The highest BCUT2D eigenvalue weighted by atomic mass is 19.4. The van der Waals surface area contributed by atoms with Crippen LogP contribution in [-0.4, -0.2) is 34.0 Å². The number of aromatic nitrogens is 2. The molecule has 8 nitrogen and oxygen atoms in total. The van der Waals surface area contributed by atoms with Crippen molar-refractivity contribution in [1.29, 1.82) is 5.41 Å². The third-order valence-corrected chi connectivity index (χ3v) is 5.53. The van der Waals surface area contributed by atoms with E-state index in [1.54, 1.807) is 47.0 Å². The summed E-state index contributed by atoms with van der Waals surface area (Å²) < 4.78 is 42.1. The smallest absolute Gasteiger partial charge is 0.405 e. The van der Waals surface area contributed by atoms with Crippen molar-refractivity contribution in [2.75, 3.05) is 12.4 Å². The monoisotopic (exact) mass is 506 g/mol. The van der Waals surface area contributed by atoms with Crippen LogP contribution in [0.2, 0.25) is 0 Å². The van der Waals surface area contributed by atoms with Crippen LogP contribution < -0.4 is 16.4 Å². The molecule has 2 aromatic heterocycles. The second-order valence-corrected chi connectivity index (χ2v) is 7.88. The van der Waals surface area contributed by atoms with Gasteiger partial charge in [0.1, 0.15) is 17.2 Å². The molecular weight excluding hydrogens is 485 g/mol. The van der Waals surface area contributed by atoms with Gasteiger partial charge in [-0.1, -0.05) is 30.3 Å². The zero-order valence-corrected chi connectivity index (χ0v) is 19.4. The van der Waals surface area contributed by atoms with Crippen LogP contribution in [0.3, 0.4) is 0 Å². The summed E-state index contributed by atoms with van der Waals surface area (Å²) in [5.41, 5.74) is 4.91. The summed E-state index contributed by atoms with van der Waals surface area (Å²) in [7, 11) is 1.50. The van der Waals surface area contributed by atoms with E-state index in [-0.39, 0.29) is 17.3 Å². The molecule has 0 saturated heterocycles. The van der Waals surface area contributed by atoms with Crippen molar-refractivity contribution in [3.05, 3.63) is 101 Å². The Morgan fingerprint density at radius 1 is 1.03 bits per heavy atom. The van der Waals surface area contributed by atoms with Crippen molar-refractivity contribution in [3.63, 3.8) is 0 Å². The van der Waals surface area contributed by atoms with E-state index in [1.165, 1.54) is 7.05 Å². The Balaban J connectivity index is 1.81. The standard InChI is InChI=1S/C26H21F3N6O2/c1-32-24(36)17-10-12-35-21(14-17)33-22(15-5-3-2-4-6-15)23(35)34-25(37)16-7-8-19(26(27,28)29)18(13-16)20(31)9-11-30/h2-14,31H,30H2,1H3,(H,32,36)(H,34,37)/b11-9-,31-20?. The normalized spacial score (nSPS) is 11.6. The number of rotatable bonds is 6. The highest BCUT2D eigenvalue weighted by Gasteiger charge is 2.34. The average Bonchev–Trinajstić information content (AvgIpc) is 3.25. The van der Waals surface area contributed by atoms with Gasteiger partial charge in [0, 0.05) is 35.5 Å². The second kappa shape index (κ2) is 9.97. The first kappa shape index (κ1) is 25.2. The number of amides is 2. The maximum atomic E-state index is 13.5. The van der Waals surface area contributed by atoms with E-state index < -0.39 is 28.9 Å². The van der Waals surface area contributed by atoms with Gasteiger partial charge in [-0.25, -0.2) is 4.98 Å². The fourth-order valence-corrected chi connectivity index (χ4v) is 3.77. The minimum atomic E-state index is -4.73. The van der Waals surface area contributed by atoms with Gasteiger partial charge in [0.25, 0.3) is 11.8 Å². The van der Waals surface area contributed by atoms with Crippen molar-refractivity contribution in [3.8, 4) is 11.3 Å². The van der Waals surface area contributed by atoms with E-state index >= 15 is 0 Å². The number of carbonyl (C=O) groups is 2. The number of halogens is 3. The summed E-state index contributed by atoms with van der Waals surface area (Å²) in [4.78, 5) is 29.9. The summed E-state index contributed by atoms with van der Waals surface area (Å²) in [6, 6.07) is 14.9. The largest absolute Gasteiger partial charge is 0.417 e. The number of hydrogen-bond acceptors (Lipinski definition) is 5. The first-order valence-electron chi connectivity index (χ1n) is 10.9. The zero-order valence-electron chi connectivity index (χ0n) is 19.4. The molecule has 0 spiro atoms. The van der Waals surface area contributed by atoms with Crippen molar-refractivity contribution >= 4 is 29.0 Å². The van der Waals surface area contributed by atoms with E-state index in [1.807, 2.05) is 6.07 Å². The van der Waals surface area contributed by atoms with E-state index in [4.69, 9.17) is 11.1 Å². The van der Waals surface area contributed by atoms with Gasteiger partial charge >= 0.3 is 6.18 Å². The van der Waals surface area contributed by atoms with E-state index in [2.05, 4.69) is 15.6 Å². The molecule has 2 aromatic carbocycles. The number of fused-ring (bicyclic) bond motifs is 1. The maximum absolute atomic E-state index is 13.5. The van der Waals surface area contributed by atoms with Gasteiger partial charge in [0.15, 0.2) is 0 Å². The minimum absolute atomic E-state index is 0.103. The lowest BCUT2D eigenvalue weighted by Gasteiger charge is -2.14. The van der Waals surface area contributed by atoms with Gasteiger partial charge in [-0.2, -0.15) is 13.2 Å². The summed E-state index contributed by atoms with van der Waals surface area (Å²) >= 11 is 0. The van der Waals surface area contributed by atoms with Crippen LogP contribution in [0.15, 0.2) is 79.1 Å². The van der Waals surface area contributed by atoms with Gasteiger partial charge in [0.2, 0.25) is 0 Å². The number of imidazole rings is 1. The molecule has 5 N–H and O–H groups in total. The van der Waals surface area contributed by atoms with E-state index in [0.29, 0.717) is 22.5 Å². The Kier molecular flexibility index (Phi) is 6.79. The number of hydrogen-bond donors (Lipinski definition) is 4. The lowest BCUT2D eigenvalue weighted by Crippen LogP contribution is -2.18. The molecule has 2 amide bonds. The summed E-state index contributed by atoms with van der Waals surface area (Å²) in [6.45, 7) is 0. The molecule has 0 fully saturated rings. The molecule has 4 aromatic rings. The highest BCUT2D eigenvalue weighted by Crippen LogP contribution is 2.34. The fourth-order valence-electron chi connectivity index (χ4n) is 3.77. The summed E-state index contributed by atoms with van der Waals surface area (Å²) in [6.07, 6.45) is -1.21. The predicted octanol–water partition coefficient (Wildman–Crippen LogP) is 4.47. The molecule has 11 heteroatoms. The molecule has 4 rings (SSSR count). The number of allylic oxidation sites excluding steroid dienone is 1. The number of benzene rings is 2. The number of nitrogens with two attached hydrogens (primary N) is 1. The number of anilines is 1. The molecule has 0 saturated carbocycles. The Bertz CT molecular complexity index is 1540. The number of nitrogens with one attached hydrogen (secondary N) is 3. The molecule has 0 bridgehead atoms. The first-order chi connectivity index (χ1) is 17.6. The molecule has 0 aliphatic rings. The molecule has 188 valence electrons. The highest BCUT2D eigenvalue weighted by molar-refractivity contribution is 6.11. The molecule has 0 atom stereocenters. The second-order valence-electron chi connectivity index (χ2n) is 7.88. The SMILES string of the molecule is CNC(=O)c1ccn2c(NC(=O)c3ccc(C(F)(F)F)c(C(=N)/C=C\N)c3)c(-c3ccccc3)nc2c1. The zero-order chi connectivity index (χ0) is 26.7. The summed E-state index contributed by atoms with van der Waals surface area (Å²) in [5, 5.41) is 13.2. The van der Waals surface area contributed by atoms with Crippen molar-refractivity contribution in [2.45, 2.75) is 6.18 Å². The number of carbonyl (C=O) groups excluding carboxylic acids is 2. The van der Waals surface area contributed by atoms with Crippen molar-refractivity contribution in [2.24, 2.45) is 5.73 Å². The van der Waals surface area contributed by atoms with E-state index in [9.17, 15) is 22.8 Å². The molecule has 37 heavy (non-hydrogen) atoms. The van der Waals surface area contributed by atoms with Crippen LogP contribution >= 0.6 is 0 Å². The van der Waals surface area contributed by atoms with Crippen LogP contribution in [0.1, 0.15) is 31.8 Å². The third kappa shape index (κ3) is 5.06. The van der Waals surface area contributed by atoms with Crippen LogP contribution in [-0.2, 0) is 6.18 Å². The van der Waals surface area contributed by atoms with E-state index in [0.717, 1.165) is 30.5 Å². The number of pyridine rings is 1. The van der Waals surface area contributed by atoms with Crippen molar-refractivity contribution < 1.29 is 22.8 Å². The van der Waals surface area contributed by atoms with Crippen LogP contribution in [0.5, 0.6) is 0 Å². The number of alkyl halides is 3. The molecular formula is C26H21F3N6O2. The van der Waals surface area contributed by atoms with Crippen molar-refractivity contribution in [1.82, 2.24) is 14.7 Å². The van der Waals surface area contributed by atoms with Gasteiger partial charge in [0.05, 0.1) is 11.3 Å².